The number of hydrogen-bond acceptors (Lipinski definition) is 2. The molecule has 0 aromatic rings. The molecule has 0 aromatic carbocycles. The number of aliphatic hydroxyl groups excluding tert-OH is 1. The normalized spacial score (nSPS) is 32.0. The van der Waals surface area contributed by atoms with Crippen molar-refractivity contribution in [3.05, 3.63) is 0 Å². The van der Waals surface area contributed by atoms with Crippen molar-refractivity contribution in [3.63, 3.8) is 0 Å². The molecule has 2 heteroatoms. The van der Waals surface area contributed by atoms with Crippen molar-refractivity contribution in [1.82, 2.24) is 4.90 Å². The lowest BCUT2D eigenvalue weighted by Gasteiger charge is -2.13. The molecule has 0 aromatic heterocycles. The van der Waals surface area contributed by atoms with Gasteiger partial charge in [-0.25, -0.2) is 0 Å². The third kappa shape index (κ3) is 3.18. The van der Waals surface area contributed by atoms with E-state index < -0.39 is 0 Å². The van der Waals surface area contributed by atoms with Gasteiger partial charge in [0.1, 0.15) is 0 Å². The van der Waals surface area contributed by atoms with Gasteiger partial charge in [-0.3, -0.25) is 4.90 Å². The third-order valence-corrected chi connectivity index (χ3v) is 3.48. The summed E-state index contributed by atoms with van der Waals surface area (Å²) in [5.41, 5.74) is 0. The Hall–Kier alpha value is -0.0800. The molecule has 1 N–H and O–H groups in total. The molecule has 1 unspecified atom stereocenters. The number of unbranched alkanes of at least 4 members (excludes halogenated alkanes) is 1. The summed E-state index contributed by atoms with van der Waals surface area (Å²) in [6, 6.07) is 1.12. The third-order valence-electron chi connectivity index (χ3n) is 3.48. The van der Waals surface area contributed by atoms with E-state index in [1.54, 1.807) is 0 Å². The van der Waals surface area contributed by atoms with Crippen LogP contribution in [0.2, 0.25) is 0 Å². The van der Waals surface area contributed by atoms with Gasteiger partial charge in [0.2, 0.25) is 0 Å². The van der Waals surface area contributed by atoms with E-state index in [-0.39, 0.29) is 6.10 Å². The van der Waals surface area contributed by atoms with Crippen LogP contribution in [0.25, 0.3) is 0 Å². The van der Waals surface area contributed by atoms with Crippen molar-refractivity contribution in [1.29, 1.82) is 0 Å². The van der Waals surface area contributed by atoms with E-state index in [2.05, 4.69) is 32.6 Å². The lowest BCUT2D eigenvalue weighted by molar-refractivity contribution is 0.108. The van der Waals surface area contributed by atoms with Gasteiger partial charge in [0.15, 0.2) is 0 Å². The highest BCUT2D eigenvalue weighted by atomic mass is 16.3. The van der Waals surface area contributed by atoms with Gasteiger partial charge in [-0.1, -0.05) is 40.5 Å². The van der Waals surface area contributed by atoms with Crippen molar-refractivity contribution < 1.29 is 5.11 Å². The van der Waals surface area contributed by atoms with Gasteiger partial charge in [0, 0.05) is 6.04 Å². The Morgan fingerprint density at radius 1 is 1.20 bits per heavy atom. The number of hydrogen-bond donors (Lipinski definition) is 1. The summed E-state index contributed by atoms with van der Waals surface area (Å²) in [6.07, 6.45) is 4.90. The Kier molecular flexibility index (Phi) is 5.07. The number of rotatable bonds is 7. The lowest BCUT2D eigenvalue weighted by atomic mass is 10.0. The fourth-order valence-electron chi connectivity index (χ4n) is 2.50. The van der Waals surface area contributed by atoms with E-state index in [1.165, 1.54) is 25.7 Å². The van der Waals surface area contributed by atoms with E-state index in [9.17, 15) is 5.11 Å². The molecular formula is C13H27NO. The molecule has 0 saturated carbocycles. The Morgan fingerprint density at radius 2 is 1.87 bits per heavy atom. The second kappa shape index (κ2) is 5.86. The van der Waals surface area contributed by atoms with Crippen molar-refractivity contribution in [3.8, 4) is 0 Å². The van der Waals surface area contributed by atoms with E-state index in [0.29, 0.717) is 18.0 Å². The smallest absolute Gasteiger partial charge is 0.0733 e. The monoisotopic (exact) mass is 213 g/mol. The summed E-state index contributed by atoms with van der Waals surface area (Å²) in [5, 5.41) is 10.1. The second-order valence-electron chi connectivity index (χ2n) is 5.17. The first-order valence-corrected chi connectivity index (χ1v) is 6.57. The number of nitrogens with zero attached hydrogens (tertiary/aromatic N) is 1. The highest BCUT2D eigenvalue weighted by Gasteiger charge is 2.50. The standard InChI is InChI=1S/C13H27NO/c1-5-7-8-11-12(13(15)10(3)4)14(11)9-6-2/h10-13,15H,5-9H2,1-4H3/t11-,12-,13+,14?/m0/s1. The molecule has 0 radical (unpaired) electrons. The van der Waals surface area contributed by atoms with Crippen LogP contribution in [0.4, 0.5) is 0 Å². The molecule has 0 aliphatic carbocycles. The molecule has 1 saturated heterocycles. The molecule has 0 spiro atoms. The zero-order valence-electron chi connectivity index (χ0n) is 10.7. The average Bonchev–Trinajstić information content (AvgIpc) is 2.87. The van der Waals surface area contributed by atoms with Crippen LogP contribution in [0.1, 0.15) is 53.4 Å². The van der Waals surface area contributed by atoms with Crippen LogP contribution in [0, 0.1) is 5.92 Å². The van der Waals surface area contributed by atoms with Gasteiger partial charge in [-0.2, -0.15) is 0 Å². The summed E-state index contributed by atoms with van der Waals surface area (Å²) in [6.45, 7) is 9.84. The first-order valence-electron chi connectivity index (χ1n) is 6.57. The summed E-state index contributed by atoms with van der Waals surface area (Å²) in [4.78, 5) is 2.49. The van der Waals surface area contributed by atoms with Gasteiger partial charge in [0.25, 0.3) is 0 Å². The Balaban J connectivity index is 2.41. The Labute approximate surface area is 94.7 Å². The van der Waals surface area contributed by atoms with E-state index >= 15 is 0 Å². The first kappa shape index (κ1) is 13.0. The maximum atomic E-state index is 10.1. The molecule has 2 nitrogen and oxygen atoms in total. The van der Waals surface area contributed by atoms with Crippen LogP contribution in [-0.2, 0) is 0 Å². The molecule has 1 aliphatic rings. The number of aliphatic hydroxyl groups is 1. The molecule has 0 amide bonds. The topological polar surface area (TPSA) is 23.2 Å². The molecule has 1 heterocycles. The molecule has 1 aliphatic heterocycles. The van der Waals surface area contributed by atoms with Crippen LogP contribution < -0.4 is 0 Å². The average molecular weight is 213 g/mol. The molecule has 1 fully saturated rings. The van der Waals surface area contributed by atoms with Crippen molar-refractivity contribution in [2.24, 2.45) is 5.92 Å². The van der Waals surface area contributed by atoms with Crippen LogP contribution in [0.15, 0.2) is 0 Å². The minimum Gasteiger partial charge on any atom is -0.391 e. The summed E-state index contributed by atoms with van der Waals surface area (Å²) < 4.78 is 0. The first-order chi connectivity index (χ1) is 7.13. The lowest BCUT2D eigenvalue weighted by Crippen LogP contribution is -2.25. The molecule has 0 bridgehead atoms. The summed E-state index contributed by atoms with van der Waals surface area (Å²) in [5.74, 6) is 0.390. The van der Waals surface area contributed by atoms with Crippen molar-refractivity contribution in [2.45, 2.75) is 71.6 Å². The van der Waals surface area contributed by atoms with Gasteiger partial charge < -0.3 is 5.11 Å². The molecule has 15 heavy (non-hydrogen) atoms. The van der Waals surface area contributed by atoms with Gasteiger partial charge in [-0.15, -0.1) is 0 Å². The highest BCUT2D eigenvalue weighted by Crippen LogP contribution is 2.37. The predicted octanol–water partition coefficient (Wildman–Crippen LogP) is 2.66. The molecule has 90 valence electrons. The highest BCUT2D eigenvalue weighted by molar-refractivity contribution is 5.06. The summed E-state index contributed by atoms with van der Waals surface area (Å²) in [7, 11) is 0. The largest absolute Gasteiger partial charge is 0.391 e. The van der Waals surface area contributed by atoms with Gasteiger partial charge >= 0.3 is 0 Å². The predicted molar refractivity (Wildman–Crippen MR) is 64.9 cm³/mol. The van der Waals surface area contributed by atoms with Crippen LogP contribution >= 0.6 is 0 Å². The van der Waals surface area contributed by atoms with Gasteiger partial charge in [0.05, 0.1) is 12.1 Å². The van der Waals surface area contributed by atoms with Crippen LogP contribution in [0.5, 0.6) is 0 Å². The second-order valence-corrected chi connectivity index (χ2v) is 5.17. The minimum atomic E-state index is -0.126. The zero-order chi connectivity index (χ0) is 11.4. The van der Waals surface area contributed by atoms with Crippen LogP contribution in [-0.4, -0.2) is 34.7 Å². The quantitative estimate of drug-likeness (QED) is 0.657. The van der Waals surface area contributed by atoms with Crippen LogP contribution in [0.3, 0.4) is 0 Å². The van der Waals surface area contributed by atoms with E-state index in [1.807, 2.05) is 0 Å². The summed E-state index contributed by atoms with van der Waals surface area (Å²) >= 11 is 0. The zero-order valence-corrected chi connectivity index (χ0v) is 10.7. The Bertz CT molecular complexity index is 181. The fraction of sp³-hybridized carbons (Fsp3) is 1.00. The van der Waals surface area contributed by atoms with E-state index in [4.69, 9.17) is 0 Å². The SMILES string of the molecule is CCCC[C@H]1[C@@H]([C@H](O)C(C)C)N1CCC. The van der Waals surface area contributed by atoms with Gasteiger partial charge in [-0.05, 0) is 25.3 Å². The van der Waals surface area contributed by atoms with E-state index in [0.717, 1.165) is 6.54 Å². The Morgan fingerprint density at radius 3 is 2.33 bits per heavy atom. The fourth-order valence-corrected chi connectivity index (χ4v) is 2.50. The minimum absolute atomic E-state index is 0.126. The molecule has 4 atom stereocenters. The molecular weight excluding hydrogens is 186 g/mol. The van der Waals surface area contributed by atoms with Crippen molar-refractivity contribution in [2.75, 3.05) is 6.54 Å². The maximum absolute atomic E-state index is 10.1. The van der Waals surface area contributed by atoms with Crippen molar-refractivity contribution >= 4 is 0 Å². The maximum Gasteiger partial charge on any atom is 0.0733 e. The molecule has 1 rings (SSSR count).